The summed E-state index contributed by atoms with van der Waals surface area (Å²) < 4.78 is 11.8. The third-order valence-corrected chi connectivity index (χ3v) is 8.37. The Morgan fingerprint density at radius 1 is 0.907 bits per heavy atom. The summed E-state index contributed by atoms with van der Waals surface area (Å²) in [6.07, 6.45) is 2.10. The number of hydrogen-bond donors (Lipinski definition) is 0. The molecule has 4 aromatic rings. The van der Waals surface area contributed by atoms with Crippen LogP contribution in [0.2, 0.25) is 0 Å². The number of hydrogen-bond acceptors (Lipinski definition) is 6. The number of ether oxygens (including phenoxy) is 2. The van der Waals surface area contributed by atoms with Gasteiger partial charge in [0.2, 0.25) is 12.0 Å². The van der Waals surface area contributed by atoms with E-state index < -0.39 is 11.6 Å². The van der Waals surface area contributed by atoms with Gasteiger partial charge in [-0.2, -0.15) is 0 Å². The highest BCUT2D eigenvalue weighted by atomic mass is 16.5. The van der Waals surface area contributed by atoms with Crippen LogP contribution in [-0.2, 0) is 28.1 Å². The fourth-order valence-electron chi connectivity index (χ4n) is 6.33. The number of anilines is 1. The first-order valence-electron chi connectivity index (χ1n) is 14.8. The third-order valence-electron chi connectivity index (χ3n) is 8.37. The summed E-state index contributed by atoms with van der Waals surface area (Å²) in [5.41, 5.74) is 5.06. The molecule has 1 saturated heterocycles. The SMILES string of the molecule is CCCCc1cccc([C@]23c4ccccc4N(Cc4ccc(OC)cc4)C(=O)CN2C(=O)[C@H]3Oc2nc(C)cc(C)n2)c1. The van der Waals surface area contributed by atoms with Crippen molar-refractivity contribution in [2.75, 3.05) is 18.6 Å². The minimum Gasteiger partial charge on any atom is -0.497 e. The van der Waals surface area contributed by atoms with Crippen LogP contribution in [0.1, 0.15) is 53.4 Å². The number of rotatable bonds is 9. The Hall–Kier alpha value is -4.72. The number of amides is 2. The monoisotopic (exact) mass is 576 g/mol. The minimum atomic E-state index is -1.05. The molecule has 2 aliphatic heterocycles. The number of carbonyl (C=O) groups is 2. The van der Waals surface area contributed by atoms with Gasteiger partial charge in [0.1, 0.15) is 17.8 Å². The number of nitrogens with zero attached hydrogens (tertiary/aromatic N) is 4. The number of aromatic nitrogens is 2. The highest BCUT2D eigenvalue weighted by Gasteiger charge is 2.67. The van der Waals surface area contributed by atoms with Crippen LogP contribution >= 0.6 is 0 Å². The lowest BCUT2D eigenvalue weighted by Crippen LogP contribution is -2.74. The fourth-order valence-corrected chi connectivity index (χ4v) is 6.33. The van der Waals surface area contributed by atoms with E-state index in [1.165, 1.54) is 5.56 Å². The van der Waals surface area contributed by atoms with Gasteiger partial charge >= 0.3 is 6.01 Å². The van der Waals surface area contributed by atoms with Gasteiger partial charge in [0, 0.05) is 17.0 Å². The summed E-state index contributed by atoms with van der Waals surface area (Å²) in [6, 6.07) is 25.9. The summed E-state index contributed by atoms with van der Waals surface area (Å²) in [5, 5.41) is 0. The lowest BCUT2D eigenvalue weighted by Gasteiger charge is -2.56. The van der Waals surface area contributed by atoms with E-state index in [1.54, 1.807) is 16.9 Å². The molecule has 0 radical (unpaired) electrons. The van der Waals surface area contributed by atoms with Crippen LogP contribution in [0.4, 0.5) is 5.69 Å². The standard InChI is InChI=1S/C35H36N4O4/c1-5-6-10-25-11-9-12-27(20-25)35-29-13-7-8-14-30(29)38(21-26-15-17-28(42-4)18-16-26)31(40)22-39(35)33(41)32(35)43-34-36-23(2)19-24(3)37-34/h7-9,11-20,32H,5-6,10,21-22H2,1-4H3/t32-,35-/m1/s1. The van der Waals surface area contributed by atoms with Crippen molar-refractivity contribution >= 4 is 17.5 Å². The Labute approximate surface area is 252 Å². The van der Waals surface area contributed by atoms with Crippen LogP contribution in [0.3, 0.4) is 0 Å². The van der Waals surface area contributed by atoms with E-state index in [-0.39, 0.29) is 24.4 Å². The third kappa shape index (κ3) is 5.01. The first-order valence-corrected chi connectivity index (χ1v) is 14.8. The number of fused-ring (bicyclic) bond motifs is 3. The Balaban J connectivity index is 1.52. The van der Waals surface area contributed by atoms with Gasteiger partial charge in [-0.1, -0.05) is 67.9 Å². The maximum absolute atomic E-state index is 14.0. The van der Waals surface area contributed by atoms with Crippen LogP contribution in [-0.4, -0.2) is 46.4 Å². The molecule has 0 bridgehead atoms. The molecule has 43 heavy (non-hydrogen) atoms. The summed E-state index contributed by atoms with van der Waals surface area (Å²) in [4.78, 5) is 40.5. The number of methoxy groups -OCH3 is 1. The van der Waals surface area contributed by atoms with Crippen molar-refractivity contribution in [2.24, 2.45) is 0 Å². The molecule has 6 rings (SSSR count). The van der Waals surface area contributed by atoms with Crippen molar-refractivity contribution in [1.82, 2.24) is 14.9 Å². The van der Waals surface area contributed by atoms with Gasteiger partial charge in [0.15, 0.2) is 0 Å². The topological polar surface area (TPSA) is 84.9 Å². The maximum atomic E-state index is 14.0. The second kappa shape index (κ2) is 11.5. The zero-order valence-electron chi connectivity index (χ0n) is 25.0. The van der Waals surface area contributed by atoms with Gasteiger partial charge in [0.25, 0.3) is 5.91 Å². The van der Waals surface area contributed by atoms with Crippen LogP contribution in [0.25, 0.3) is 0 Å². The second-order valence-electron chi connectivity index (χ2n) is 11.3. The Morgan fingerprint density at radius 3 is 2.37 bits per heavy atom. The average molecular weight is 577 g/mol. The molecular formula is C35H36N4O4. The second-order valence-corrected chi connectivity index (χ2v) is 11.3. The van der Waals surface area contributed by atoms with E-state index in [0.29, 0.717) is 6.54 Å². The number of aryl methyl sites for hydroxylation is 3. The summed E-state index contributed by atoms with van der Waals surface area (Å²) in [6.45, 7) is 6.18. The van der Waals surface area contributed by atoms with Crippen molar-refractivity contribution < 1.29 is 19.1 Å². The van der Waals surface area contributed by atoms with E-state index in [4.69, 9.17) is 9.47 Å². The van der Waals surface area contributed by atoms with Gasteiger partial charge < -0.3 is 19.3 Å². The molecule has 0 unspecified atom stereocenters. The van der Waals surface area contributed by atoms with Crippen molar-refractivity contribution in [2.45, 2.75) is 58.2 Å². The largest absolute Gasteiger partial charge is 0.497 e. The fraction of sp³-hybridized carbons (Fsp3) is 0.314. The van der Waals surface area contributed by atoms with Crippen LogP contribution in [0.15, 0.2) is 78.9 Å². The smallest absolute Gasteiger partial charge is 0.317 e. The lowest BCUT2D eigenvalue weighted by atomic mass is 9.69. The minimum absolute atomic E-state index is 0.0869. The van der Waals surface area contributed by atoms with Gasteiger partial charge in [0.05, 0.1) is 19.3 Å². The van der Waals surface area contributed by atoms with Crippen molar-refractivity contribution in [3.05, 3.63) is 113 Å². The first-order chi connectivity index (χ1) is 20.8. The number of para-hydroxylation sites is 1. The van der Waals surface area contributed by atoms with Gasteiger partial charge in [-0.15, -0.1) is 0 Å². The molecule has 0 aliphatic carbocycles. The highest BCUT2D eigenvalue weighted by Crippen LogP contribution is 2.53. The van der Waals surface area contributed by atoms with Crippen molar-refractivity contribution in [1.29, 1.82) is 0 Å². The van der Waals surface area contributed by atoms with E-state index in [0.717, 1.165) is 58.8 Å². The van der Waals surface area contributed by atoms with E-state index in [9.17, 15) is 9.59 Å². The predicted octanol–water partition coefficient (Wildman–Crippen LogP) is 5.52. The molecule has 2 atom stereocenters. The van der Waals surface area contributed by atoms with Crippen LogP contribution in [0, 0.1) is 13.8 Å². The number of unbranched alkanes of at least 4 members (excludes halogenated alkanes) is 1. The molecule has 1 fully saturated rings. The summed E-state index contributed by atoms with van der Waals surface area (Å²) in [5.74, 6) is 0.314. The molecule has 8 heteroatoms. The van der Waals surface area contributed by atoms with E-state index >= 15 is 0 Å². The Kier molecular flexibility index (Phi) is 7.61. The molecule has 3 aromatic carbocycles. The molecule has 2 aliphatic rings. The number of β-lactam (4-membered cyclic amide) rings is 1. The van der Waals surface area contributed by atoms with Crippen LogP contribution < -0.4 is 14.4 Å². The lowest BCUT2D eigenvalue weighted by molar-refractivity contribution is -0.178. The predicted molar refractivity (Wildman–Crippen MR) is 164 cm³/mol. The maximum Gasteiger partial charge on any atom is 0.317 e. The molecule has 0 spiro atoms. The van der Waals surface area contributed by atoms with Gasteiger partial charge in [-0.3, -0.25) is 9.59 Å². The molecule has 0 saturated carbocycles. The average Bonchev–Trinajstić information content (AvgIpc) is 3.10. The first kappa shape index (κ1) is 28.4. The summed E-state index contributed by atoms with van der Waals surface area (Å²) >= 11 is 0. The van der Waals surface area contributed by atoms with E-state index in [1.807, 2.05) is 80.6 Å². The van der Waals surface area contributed by atoms with Gasteiger partial charge in [-0.05, 0) is 67.6 Å². The normalized spacial score (nSPS) is 19.3. The molecule has 2 amide bonds. The van der Waals surface area contributed by atoms with Crippen LogP contribution in [0.5, 0.6) is 11.8 Å². The number of carbonyl (C=O) groups excluding carboxylic acids is 2. The zero-order chi connectivity index (χ0) is 30.1. The quantitative estimate of drug-likeness (QED) is 0.244. The van der Waals surface area contributed by atoms with Crippen molar-refractivity contribution in [3.63, 3.8) is 0 Å². The molecule has 220 valence electrons. The molecule has 1 aromatic heterocycles. The molecular weight excluding hydrogens is 540 g/mol. The molecule has 8 nitrogen and oxygen atoms in total. The zero-order valence-corrected chi connectivity index (χ0v) is 25.0. The highest BCUT2D eigenvalue weighted by molar-refractivity contribution is 6.04. The van der Waals surface area contributed by atoms with E-state index in [2.05, 4.69) is 29.0 Å². The number of benzene rings is 3. The van der Waals surface area contributed by atoms with Gasteiger partial charge in [-0.25, -0.2) is 9.97 Å². The van der Waals surface area contributed by atoms with Crippen molar-refractivity contribution in [3.8, 4) is 11.8 Å². The molecule has 0 N–H and O–H groups in total. The summed E-state index contributed by atoms with van der Waals surface area (Å²) in [7, 11) is 1.63. The molecule has 3 heterocycles. The Bertz CT molecular complexity index is 1650. The Morgan fingerprint density at radius 2 is 1.65 bits per heavy atom.